The van der Waals surface area contributed by atoms with Crippen LogP contribution < -0.4 is 15.0 Å². The average Bonchev–Trinajstić information content (AvgIpc) is 3.24. The molecule has 206 valence electrons. The second-order valence-electron chi connectivity index (χ2n) is 8.41. The molecule has 0 aliphatic carbocycles. The van der Waals surface area contributed by atoms with Gasteiger partial charge in [-0.3, -0.25) is 14.5 Å². The zero-order valence-electron chi connectivity index (χ0n) is 21.6. The maximum absolute atomic E-state index is 13.4. The minimum absolute atomic E-state index is 0.0162. The number of esters is 1. The summed E-state index contributed by atoms with van der Waals surface area (Å²) in [7, 11) is 1.43. The van der Waals surface area contributed by atoms with Crippen LogP contribution in [0.25, 0.3) is 0 Å². The van der Waals surface area contributed by atoms with Crippen molar-refractivity contribution in [3.8, 4) is 17.2 Å². The summed E-state index contributed by atoms with van der Waals surface area (Å²) >= 11 is 1.09. The number of benzene rings is 3. The van der Waals surface area contributed by atoms with Gasteiger partial charge in [0.05, 0.1) is 31.2 Å². The molecule has 3 aromatic rings. The molecule has 0 spiro atoms. The summed E-state index contributed by atoms with van der Waals surface area (Å²) in [4.78, 5) is 39.3. The standard InChI is InChI=1S/C28H26N4O7S/c1-3-39-27(37)18-5-7-19(8-6-18)30-25(35)15-24-26(36)32(20-9-11-21(33)12-10-20)28(40-24)31-29-16-17-4-13-22(34)23(14-17)38-2/h4-14,16,24,33-34H,3,15H2,1-2H3,(H,30,35)/b29-16+,31-28?. The molecule has 12 heteroatoms. The number of rotatable bonds is 9. The lowest BCUT2D eigenvalue weighted by Crippen LogP contribution is -2.33. The maximum Gasteiger partial charge on any atom is 0.338 e. The average molecular weight is 563 g/mol. The van der Waals surface area contributed by atoms with Gasteiger partial charge in [-0.25, -0.2) is 4.79 Å². The first-order chi connectivity index (χ1) is 19.3. The molecule has 1 saturated heterocycles. The molecule has 0 bridgehead atoms. The number of aromatic hydroxyl groups is 2. The molecule has 1 heterocycles. The van der Waals surface area contributed by atoms with Gasteiger partial charge in [0.15, 0.2) is 16.7 Å². The van der Waals surface area contributed by atoms with Crippen LogP contribution in [0, 0.1) is 0 Å². The van der Waals surface area contributed by atoms with Gasteiger partial charge in [0, 0.05) is 12.1 Å². The van der Waals surface area contributed by atoms with Gasteiger partial charge in [-0.1, -0.05) is 11.8 Å². The third-order valence-corrected chi connectivity index (χ3v) is 6.77. The monoisotopic (exact) mass is 562 g/mol. The van der Waals surface area contributed by atoms with E-state index in [1.165, 1.54) is 36.4 Å². The molecule has 40 heavy (non-hydrogen) atoms. The van der Waals surface area contributed by atoms with Crippen molar-refractivity contribution in [2.75, 3.05) is 23.9 Å². The van der Waals surface area contributed by atoms with Crippen molar-refractivity contribution >= 4 is 52.3 Å². The highest BCUT2D eigenvalue weighted by molar-refractivity contribution is 8.16. The molecular weight excluding hydrogens is 536 g/mol. The highest BCUT2D eigenvalue weighted by Gasteiger charge is 2.40. The number of nitrogens with zero attached hydrogens (tertiary/aromatic N) is 3. The van der Waals surface area contributed by atoms with E-state index in [1.807, 2.05) is 0 Å². The summed E-state index contributed by atoms with van der Waals surface area (Å²) in [6.07, 6.45) is 1.30. The smallest absolute Gasteiger partial charge is 0.338 e. The summed E-state index contributed by atoms with van der Waals surface area (Å²) in [5.41, 5.74) is 1.88. The van der Waals surface area contributed by atoms with Crippen molar-refractivity contribution < 1.29 is 34.1 Å². The first-order valence-electron chi connectivity index (χ1n) is 12.1. The number of carbonyl (C=O) groups is 3. The summed E-state index contributed by atoms with van der Waals surface area (Å²) in [6, 6.07) is 16.9. The first-order valence-corrected chi connectivity index (χ1v) is 13.0. The molecule has 1 aliphatic heterocycles. The van der Waals surface area contributed by atoms with Crippen LogP contribution >= 0.6 is 11.8 Å². The molecule has 0 aromatic heterocycles. The van der Waals surface area contributed by atoms with Gasteiger partial charge in [0.25, 0.3) is 0 Å². The fraction of sp³-hybridized carbons (Fsp3) is 0.179. The number of amides is 2. The fourth-order valence-electron chi connectivity index (χ4n) is 3.71. The van der Waals surface area contributed by atoms with Crippen LogP contribution in [-0.4, -0.2) is 58.3 Å². The van der Waals surface area contributed by atoms with Crippen molar-refractivity contribution in [1.29, 1.82) is 0 Å². The predicted octanol–water partition coefficient (Wildman–Crippen LogP) is 4.15. The largest absolute Gasteiger partial charge is 0.508 e. The van der Waals surface area contributed by atoms with Gasteiger partial charge in [0.2, 0.25) is 11.8 Å². The van der Waals surface area contributed by atoms with Crippen LogP contribution in [0.5, 0.6) is 17.2 Å². The van der Waals surface area contributed by atoms with Crippen molar-refractivity contribution in [2.24, 2.45) is 10.2 Å². The number of ether oxygens (including phenoxy) is 2. The Hall–Kier alpha value is -4.84. The molecule has 0 saturated carbocycles. The van der Waals surface area contributed by atoms with Crippen molar-refractivity contribution in [2.45, 2.75) is 18.6 Å². The summed E-state index contributed by atoms with van der Waals surface area (Å²) in [5.74, 6) is -0.940. The first kappa shape index (κ1) is 28.2. The second kappa shape index (κ2) is 12.8. The van der Waals surface area contributed by atoms with Crippen molar-refractivity contribution in [3.63, 3.8) is 0 Å². The van der Waals surface area contributed by atoms with Crippen LogP contribution in [-0.2, 0) is 14.3 Å². The van der Waals surface area contributed by atoms with Crippen LogP contribution in [0.15, 0.2) is 76.9 Å². The zero-order valence-corrected chi connectivity index (χ0v) is 22.4. The third-order valence-electron chi connectivity index (χ3n) is 5.65. The quantitative estimate of drug-likeness (QED) is 0.200. The van der Waals surface area contributed by atoms with Crippen LogP contribution in [0.3, 0.4) is 0 Å². The SMILES string of the molecule is CCOC(=O)c1ccc(NC(=O)CC2SC(=N/N=C/c3ccc(O)c(OC)c3)N(c3ccc(O)cc3)C2=O)cc1. The number of carbonyl (C=O) groups excluding carboxylic acids is 3. The van der Waals surface area contributed by atoms with Gasteiger partial charge in [0.1, 0.15) is 11.0 Å². The predicted molar refractivity (Wildman–Crippen MR) is 152 cm³/mol. The van der Waals surface area contributed by atoms with Crippen LogP contribution in [0.1, 0.15) is 29.3 Å². The molecule has 1 fully saturated rings. The van der Waals surface area contributed by atoms with Crippen LogP contribution in [0.2, 0.25) is 0 Å². The number of amidine groups is 1. The van der Waals surface area contributed by atoms with Crippen LogP contribution in [0.4, 0.5) is 11.4 Å². The number of hydrogen-bond acceptors (Lipinski definition) is 10. The van der Waals surface area contributed by atoms with E-state index in [9.17, 15) is 24.6 Å². The summed E-state index contributed by atoms with van der Waals surface area (Å²) in [6.45, 7) is 1.97. The van der Waals surface area contributed by atoms with Gasteiger partial charge in [-0.2, -0.15) is 5.10 Å². The number of phenols is 2. The Balaban J connectivity index is 1.50. The van der Waals surface area contributed by atoms with Crippen molar-refractivity contribution in [3.05, 3.63) is 77.9 Å². The summed E-state index contributed by atoms with van der Waals surface area (Å²) in [5, 5.41) is 30.0. The fourth-order valence-corrected chi connectivity index (χ4v) is 4.80. The van der Waals surface area contributed by atoms with E-state index >= 15 is 0 Å². The molecule has 1 atom stereocenters. The maximum atomic E-state index is 13.4. The van der Waals surface area contributed by atoms with E-state index in [0.717, 1.165) is 11.8 Å². The minimum Gasteiger partial charge on any atom is -0.508 e. The Morgan fingerprint density at radius 2 is 1.80 bits per heavy atom. The number of thioether (sulfide) groups is 1. The number of hydrogen-bond donors (Lipinski definition) is 3. The Morgan fingerprint density at radius 1 is 1.07 bits per heavy atom. The molecular formula is C28H26N4O7S. The molecule has 2 amide bonds. The van der Waals surface area contributed by atoms with Gasteiger partial charge in [-0.15, -0.1) is 5.10 Å². The molecule has 3 N–H and O–H groups in total. The Morgan fingerprint density at radius 3 is 2.48 bits per heavy atom. The van der Waals surface area contributed by atoms with E-state index in [0.29, 0.717) is 22.5 Å². The molecule has 1 aliphatic rings. The number of nitrogens with one attached hydrogen (secondary N) is 1. The van der Waals surface area contributed by atoms with Crippen molar-refractivity contribution in [1.82, 2.24) is 0 Å². The number of anilines is 2. The molecule has 1 unspecified atom stereocenters. The Kier molecular flexibility index (Phi) is 9.02. The number of methoxy groups -OCH3 is 1. The molecule has 11 nitrogen and oxygen atoms in total. The molecule has 3 aromatic carbocycles. The minimum atomic E-state index is -0.782. The zero-order chi connectivity index (χ0) is 28.6. The lowest BCUT2D eigenvalue weighted by atomic mass is 10.2. The van der Waals surface area contributed by atoms with E-state index in [2.05, 4.69) is 15.5 Å². The van der Waals surface area contributed by atoms with E-state index in [4.69, 9.17) is 9.47 Å². The lowest BCUT2D eigenvalue weighted by molar-refractivity contribution is -0.121. The molecule has 4 rings (SSSR count). The third kappa shape index (κ3) is 6.77. The van der Waals surface area contributed by atoms with E-state index in [1.54, 1.807) is 55.5 Å². The normalized spacial score (nSPS) is 15.9. The number of phenolic OH excluding ortho intramolecular Hbond substituents is 2. The lowest BCUT2D eigenvalue weighted by Gasteiger charge is -2.16. The Bertz CT molecular complexity index is 1460. The second-order valence-corrected chi connectivity index (χ2v) is 9.57. The van der Waals surface area contributed by atoms with E-state index in [-0.39, 0.29) is 41.4 Å². The van der Waals surface area contributed by atoms with E-state index < -0.39 is 17.1 Å². The highest BCUT2D eigenvalue weighted by atomic mass is 32.2. The molecule has 0 radical (unpaired) electrons. The topological polar surface area (TPSA) is 150 Å². The Labute approximate surface area is 234 Å². The van der Waals surface area contributed by atoms with Gasteiger partial charge < -0.3 is 25.0 Å². The van der Waals surface area contributed by atoms with Gasteiger partial charge >= 0.3 is 5.97 Å². The van der Waals surface area contributed by atoms with Gasteiger partial charge in [-0.05, 0) is 79.2 Å². The highest BCUT2D eigenvalue weighted by Crippen LogP contribution is 2.35. The summed E-state index contributed by atoms with van der Waals surface area (Å²) < 4.78 is 10.1.